The van der Waals surface area contributed by atoms with Gasteiger partial charge in [0.15, 0.2) is 0 Å². The van der Waals surface area contributed by atoms with Gasteiger partial charge in [0.25, 0.3) is 0 Å². The first-order chi connectivity index (χ1) is 5.72. The summed E-state index contributed by atoms with van der Waals surface area (Å²) in [5.74, 6) is 0. The van der Waals surface area contributed by atoms with Crippen molar-refractivity contribution in [2.75, 3.05) is 0 Å². The molecule has 0 fully saturated rings. The van der Waals surface area contributed by atoms with E-state index in [1.165, 1.54) is 0 Å². The van der Waals surface area contributed by atoms with Crippen molar-refractivity contribution in [2.45, 2.75) is 18.7 Å². The van der Waals surface area contributed by atoms with Crippen LogP contribution in [-0.2, 0) is 0 Å². The van der Waals surface area contributed by atoms with E-state index < -0.39 is 0 Å². The summed E-state index contributed by atoms with van der Waals surface area (Å²) in [4.78, 5) is 1.22. The number of rotatable bonds is 1. The van der Waals surface area contributed by atoms with E-state index in [1.807, 2.05) is 38.1 Å². The molecule has 0 atom stereocenters. The molecule has 66 valence electrons. The van der Waals surface area contributed by atoms with Gasteiger partial charge in [-0.25, -0.2) is 0 Å². The summed E-state index contributed by atoms with van der Waals surface area (Å²) >= 11 is 8.95. The van der Waals surface area contributed by atoms with Crippen LogP contribution in [0, 0.1) is 0 Å². The van der Waals surface area contributed by atoms with Crippen LogP contribution in [0.25, 0.3) is 0 Å². The molecule has 1 nitrogen and oxygen atoms in total. The quantitative estimate of drug-likeness (QED) is 0.537. The van der Waals surface area contributed by atoms with Crippen LogP contribution in [-0.4, -0.2) is 4.99 Å². The van der Waals surface area contributed by atoms with E-state index in [0.717, 1.165) is 10.5 Å². The second-order valence-electron chi connectivity index (χ2n) is 1.88. The molecule has 1 aromatic carbocycles. The fourth-order valence-electron chi connectivity index (χ4n) is 0.682. The fourth-order valence-corrected chi connectivity index (χ4v) is 1.22. The van der Waals surface area contributed by atoms with Crippen LogP contribution >= 0.6 is 24.8 Å². The van der Waals surface area contributed by atoms with Crippen LogP contribution in [0.1, 0.15) is 19.4 Å². The molecule has 0 saturated heterocycles. The Morgan fingerprint density at radius 1 is 1.33 bits per heavy atom. The smallest absolute Gasteiger partial charge is 0.105 e. The molecule has 0 aliphatic heterocycles. The largest absolute Gasteiger partial charge is 0.389 e. The first kappa shape index (κ1) is 11.5. The molecule has 1 rings (SSSR count). The minimum absolute atomic E-state index is 0.394. The normalized spacial score (nSPS) is 8.25. The van der Waals surface area contributed by atoms with E-state index in [-0.39, 0.29) is 0 Å². The molecule has 0 bridgehead atoms. The van der Waals surface area contributed by atoms with Gasteiger partial charge in [-0.3, -0.25) is 0 Å². The standard InChI is InChI=1S/C7H7NS2.C2H6/c8-7(10)5-3-1-2-4-6(5)9;1-2/h1-4,9H,(H2,8,10);1-2H3. The topological polar surface area (TPSA) is 26.0 Å². The molecule has 0 unspecified atom stereocenters. The average Bonchev–Trinajstić information content (AvgIpc) is 2.08. The molecular weight excluding hydrogens is 186 g/mol. The molecule has 0 amide bonds. The summed E-state index contributed by atoms with van der Waals surface area (Å²) in [6.07, 6.45) is 0. The van der Waals surface area contributed by atoms with Crippen LogP contribution in [0.15, 0.2) is 29.2 Å². The Morgan fingerprint density at radius 3 is 2.17 bits per heavy atom. The Morgan fingerprint density at radius 2 is 1.83 bits per heavy atom. The summed E-state index contributed by atoms with van der Waals surface area (Å²) in [6, 6.07) is 7.49. The van der Waals surface area contributed by atoms with Gasteiger partial charge in [-0.1, -0.05) is 44.3 Å². The Balaban J connectivity index is 0.000000561. The lowest BCUT2D eigenvalue weighted by molar-refractivity contribution is 1.43. The predicted octanol–water partition coefficient (Wildman–Crippen LogP) is 2.64. The third kappa shape index (κ3) is 3.24. The highest BCUT2D eigenvalue weighted by Crippen LogP contribution is 2.11. The van der Waals surface area contributed by atoms with Gasteiger partial charge in [0.05, 0.1) is 0 Å². The third-order valence-electron chi connectivity index (χ3n) is 1.17. The van der Waals surface area contributed by atoms with E-state index in [4.69, 9.17) is 18.0 Å². The number of thiocarbonyl (C=S) groups is 1. The minimum Gasteiger partial charge on any atom is -0.389 e. The minimum atomic E-state index is 0.394. The maximum Gasteiger partial charge on any atom is 0.105 e. The molecule has 0 radical (unpaired) electrons. The van der Waals surface area contributed by atoms with Crippen LogP contribution < -0.4 is 5.73 Å². The van der Waals surface area contributed by atoms with Crippen molar-refractivity contribution in [1.82, 2.24) is 0 Å². The summed E-state index contributed by atoms with van der Waals surface area (Å²) in [5.41, 5.74) is 6.23. The van der Waals surface area contributed by atoms with Crippen molar-refractivity contribution in [3.8, 4) is 0 Å². The van der Waals surface area contributed by atoms with E-state index in [2.05, 4.69) is 12.6 Å². The van der Waals surface area contributed by atoms with Crippen LogP contribution in [0.5, 0.6) is 0 Å². The Bertz CT molecular complexity index is 258. The van der Waals surface area contributed by atoms with Crippen molar-refractivity contribution in [3.05, 3.63) is 29.8 Å². The molecule has 1 aromatic rings. The van der Waals surface area contributed by atoms with Gasteiger partial charge >= 0.3 is 0 Å². The third-order valence-corrected chi connectivity index (χ3v) is 1.78. The van der Waals surface area contributed by atoms with Crippen LogP contribution in [0.3, 0.4) is 0 Å². The molecule has 0 aliphatic rings. The van der Waals surface area contributed by atoms with E-state index in [9.17, 15) is 0 Å². The van der Waals surface area contributed by atoms with Crippen molar-refractivity contribution in [1.29, 1.82) is 0 Å². The number of benzene rings is 1. The highest BCUT2D eigenvalue weighted by Gasteiger charge is 1.97. The van der Waals surface area contributed by atoms with Gasteiger partial charge in [-0.2, -0.15) is 0 Å². The van der Waals surface area contributed by atoms with Gasteiger partial charge in [-0.05, 0) is 6.07 Å². The van der Waals surface area contributed by atoms with Crippen molar-refractivity contribution in [2.24, 2.45) is 5.73 Å². The second kappa shape index (κ2) is 6.03. The molecule has 12 heavy (non-hydrogen) atoms. The molecule has 3 heteroatoms. The number of hydrogen-bond acceptors (Lipinski definition) is 2. The summed E-state index contributed by atoms with van der Waals surface area (Å²) in [5, 5.41) is 0. The lowest BCUT2D eigenvalue weighted by Crippen LogP contribution is -2.09. The fraction of sp³-hybridized carbons (Fsp3) is 0.222. The van der Waals surface area contributed by atoms with Crippen molar-refractivity contribution < 1.29 is 0 Å². The van der Waals surface area contributed by atoms with Crippen molar-refractivity contribution >= 4 is 29.8 Å². The van der Waals surface area contributed by atoms with E-state index >= 15 is 0 Å². The molecule has 0 spiro atoms. The van der Waals surface area contributed by atoms with Crippen molar-refractivity contribution in [3.63, 3.8) is 0 Å². The van der Waals surface area contributed by atoms with Crippen LogP contribution in [0.4, 0.5) is 0 Å². The van der Waals surface area contributed by atoms with Gasteiger partial charge in [0.2, 0.25) is 0 Å². The molecule has 0 aliphatic carbocycles. The lowest BCUT2D eigenvalue weighted by atomic mass is 10.2. The zero-order chi connectivity index (χ0) is 9.56. The second-order valence-corrected chi connectivity index (χ2v) is 2.80. The Labute approximate surface area is 84.4 Å². The predicted molar refractivity (Wildman–Crippen MR) is 60.9 cm³/mol. The average molecular weight is 199 g/mol. The first-order valence-corrected chi connectivity index (χ1v) is 4.65. The maximum atomic E-state index is 5.40. The molecule has 0 heterocycles. The van der Waals surface area contributed by atoms with Gasteiger partial charge in [0, 0.05) is 10.5 Å². The monoisotopic (exact) mass is 199 g/mol. The van der Waals surface area contributed by atoms with E-state index in [0.29, 0.717) is 4.99 Å². The maximum absolute atomic E-state index is 5.40. The zero-order valence-corrected chi connectivity index (χ0v) is 8.95. The van der Waals surface area contributed by atoms with Crippen LogP contribution in [0.2, 0.25) is 0 Å². The Kier molecular flexibility index (Phi) is 5.76. The van der Waals surface area contributed by atoms with Gasteiger partial charge < -0.3 is 5.73 Å². The SMILES string of the molecule is CC.NC(=S)c1ccccc1S. The molecule has 0 saturated carbocycles. The van der Waals surface area contributed by atoms with E-state index in [1.54, 1.807) is 0 Å². The molecular formula is C9H13NS2. The van der Waals surface area contributed by atoms with Gasteiger partial charge in [0.1, 0.15) is 4.99 Å². The van der Waals surface area contributed by atoms with Gasteiger partial charge in [-0.15, -0.1) is 12.6 Å². The molecule has 2 N–H and O–H groups in total. The number of nitrogens with two attached hydrogens (primary N) is 1. The zero-order valence-electron chi connectivity index (χ0n) is 7.24. The molecule has 0 aromatic heterocycles. The number of hydrogen-bond donors (Lipinski definition) is 2. The number of thiol groups is 1. The summed E-state index contributed by atoms with van der Waals surface area (Å²) in [6.45, 7) is 4.00. The Hall–Kier alpha value is -0.540. The summed E-state index contributed by atoms with van der Waals surface area (Å²) < 4.78 is 0. The highest BCUT2D eigenvalue weighted by molar-refractivity contribution is 7.81. The highest BCUT2D eigenvalue weighted by atomic mass is 32.1. The lowest BCUT2D eigenvalue weighted by Gasteiger charge is -1.99. The summed E-state index contributed by atoms with van der Waals surface area (Å²) in [7, 11) is 0. The first-order valence-electron chi connectivity index (χ1n) is 3.79.